The minimum atomic E-state index is -5.96. The van der Waals surface area contributed by atoms with Crippen LogP contribution in [0.1, 0.15) is 27.2 Å². The maximum Gasteiger partial charge on any atom is 0.327 e. The van der Waals surface area contributed by atoms with Crippen molar-refractivity contribution < 1.29 is 81.1 Å². The van der Waals surface area contributed by atoms with Gasteiger partial charge in [0, 0.05) is 0 Å². The summed E-state index contributed by atoms with van der Waals surface area (Å²) in [5.41, 5.74) is 0. The number of halogens is 9. The van der Waals surface area contributed by atoms with Crippen LogP contribution < -0.4 is 0 Å². The van der Waals surface area contributed by atoms with Gasteiger partial charge in [0.2, 0.25) is 0 Å². The zero-order valence-electron chi connectivity index (χ0n) is 19.2. The van der Waals surface area contributed by atoms with E-state index in [0.29, 0.717) is 20.8 Å². The number of hydrogen-bond acceptors (Lipinski definition) is 8. The largest absolute Gasteiger partial charge is 0.459 e. The van der Waals surface area contributed by atoms with Crippen LogP contribution in [0, 0.1) is 5.92 Å². The summed E-state index contributed by atoms with van der Waals surface area (Å²) in [5, 5.41) is -3.39. The van der Waals surface area contributed by atoms with Crippen molar-refractivity contribution >= 4 is 28.0 Å². The lowest BCUT2D eigenvalue weighted by molar-refractivity contribution is -0.176. The van der Waals surface area contributed by atoms with Gasteiger partial charge in [-0.25, -0.2) is 13.2 Å². The van der Waals surface area contributed by atoms with Gasteiger partial charge in [0.1, 0.15) is 0 Å². The van der Waals surface area contributed by atoms with Crippen molar-refractivity contribution in [2.24, 2.45) is 5.92 Å². The first kappa shape index (κ1) is 34.7. The Morgan fingerprint density at radius 1 is 0.703 bits per heavy atom. The molecule has 0 bridgehead atoms. The molecule has 0 heterocycles. The molecule has 37 heavy (non-hydrogen) atoms. The highest BCUT2D eigenvalue weighted by atomic mass is 32.2. The molecule has 0 aromatic carbocycles. The molecule has 0 aromatic rings. The van der Waals surface area contributed by atoms with Gasteiger partial charge in [-0.3, -0.25) is 18.9 Å². The van der Waals surface area contributed by atoms with Gasteiger partial charge in [-0.2, -0.15) is 34.8 Å². The summed E-state index contributed by atoms with van der Waals surface area (Å²) >= 11 is 0. The number of rotatable bonds is 15. The van der Waals surface area contributed by atoms with Gasteiger partial charge in [0.05, 0.1) is 12.3 Å². The molecule has 0 fully saturated rings. The van der Waals surface area contributed by atoms with Crippen molar-refractivity contribution in [3.63, 3.8) is 0 Å². The Balaban J connectivity index is 6.11. The zero-order valence-corrected chi connectivity index (χ0v) is 20.1. The Kier molecular flexibility index (Phi) is 12.2. The summed E-state index contributed by atoms with van der Waals surface area (Å²) in [4.78, 5) is 36.3. The third kappa shape index (κ3) is 10.9. The van der Waals surface area contributed by atoms with E-state index in [4.69, 9.17) is 0 Å². The number of hydrogen-bond donors (Lipinski definition) is 1. The molecule has 5 atom stereocenters. The summed E-state index contributed by atoms with van der Waals surface area (Å²) < 4.78 is 164. The normalized spacial score (nSPS) is 17.2. The number of ether oxygens (including phenoxy) is 3. The molecule has 0 aliphatic carbocycles. The number of alkyl halides is 9. The van der Waals surface area contributed by atoms with E-state index in [-0.39, 0.29) is 0 Å². The van der Waals surface area contributed by atoms with Gasteiger partial charge < -0.3 is 14.2 Å². The second-order valence-electron chi connectivity index (χ2n) is 7.75. The number of esters is 3. The van der Waals surface area contributed by atoms with E-state index in [1.807, 2.05) is 0 Å². The fraction of sp³-hybridized carbons (Fsp3) is 0.833. The zero-order chi connectivity index (χ0) is 29.6. The monoisotopic (exact) mass is 586 g/mol. The lowest BCUT2D eigenvalue weighted by Gasteiger charge is -2.25. The van der Waals surface area contributed by atoms with E-state index in [2.05, 4.69) is 14.2 Å². The molecule has 0 saturated heterocycles. The van der Waals surface area contributed by atoms with E-state index < -0.39 is 102 Å². The third-order valence-electron chi connectivity index (χ3n) is 4.59. The Hall–Kier alpha value is -2.31. The Bertz CT molecular complexity index is 908. The lowest BCUT2D eigenvalue weighted by Crippen LogP contribution is -2.46. The van der Waals surface area contributed by atoms with Crippen molar-refractivity contribution in [2.45, 2.75) is 68.7 Å². The molecule has 0 aliphatic heterocycles. The SMILES string of the molecule is CC(F)C(F)(F)COC(=O)CC(C(=O)OCC(F)(F)C(C)F)C(C(=O)OCC(F)(F)C(C)F)S(=O)(=O)O. The van der Waals surface area contributed by atoms with Crippen LogP contribution in [-0.2, 0) is 38.7 Å². The minimum Gasteiger partial charge on any atom is -0.459 e. The average molecular weight is 586 g/mol. The van der Waals surface area contributed by atoms with Crippen molar-refractivity contribution in [1.29, 1.82) is 0 Å². The van der Waals surface area contributed by atoms with Crippen molar-refractivity contribution in [3.05, 3.63) is 0 Å². The van der Waals surface area contributed by atoms with Gasteiger partial charge in [-0.15, -0.1) is 0 Å². The summed E-state index contributed by atoms with van der Waals surface area (Å²) in [6, 6.07) is 0. The van der Waals surface area contributed by atoms with Gasteiger partial charge in [-0.1, -0.05) is 0 Å². The molecule has 0 aliphatic rings. The second kappa shape index (κ2) is 13.0. The second-order valence-corrected chi connectivity index (χ2v) is 9.29. The van der Waals surface area contributed by atoms with E-state index in [1.165, 1.54) is 0 Å². The quantitative estimate of drug-likeness (QED) is 0.133. The molecule has 0 amide bonds. The molecule has 0 rings (SSSR count). The van der Waals surface area contributed by atoms with Crippen molar-refractivity contribution in [2.75, 3.05) is 19.8 Å². The fourth-order valence-corrected chi connectivity index (χ4v) is 3.02. The molecule has 1 N–H and O–H groups in total. The number of carbonyl (C=O) groups is 3. The summed E-state index contributed by atoms with van der Waals surface area (Å²) in [6.45, 7) is -5.30. The van der Waals surface area contributed by atoms with Crippen LogP contribution in [0.2, 0.25) is 0 Å². The smallest absolute Gasteiger partial charge is 0.327 e. The molecule has 218 valence electrons. The van der Waals surface area contributed by atoms with Gasteiger partial charge in [0.25, 0.3) is 10.1 Å². The third-order valence-corrected chi connectivity index (χ3v) is 5.76. The predicted molar refractivity (Wildman–Crippen MR) is 103 cm³/mol. The van der Waals surface area contributed by atoms with Crippen LogP contribution >= 0.6 is 0 Å². The minimum absolute atomic E-state index is 0.310. The van der Waals surface area contributed by atoms with E-state index in [1.54, 1.807) is 0 Å². The van der Waals surface area contributed by atoms with Crippen LogP contribution in [0.25, 0.3) is 0 Å². The molecule has 0 saturated carbocycles. The standard InChI is InChI=1S/C18H23F9O9S/c1-8(19)16(22,23)5-34-12(28)4-11(14(29)35-6-17(24,25)9(2)20)13(37(31,32)33)15(30)36-7-18(26,27)10(3)21/h8-11,13H,4-7H2,1-3H3,(H,31,32,33). The van der Waals surface area contributed by atoms with E-state index >= 15 is 0 Å². The maximum absolute atomic E-state index is 13.4. The molecule has 9 nitrogen and oxygen atoms in total. The summed E-state index contributed by atoms with van der Waals surface area (Å²) in [5.74, 6) is -22.8. The van der Waals surface area contributed by atoms with Crippen LogP contribution in [0.15, 0.2) is 0 Å². The van der Waals surface area contributed by atoms with Crippen molar-refractivity contribution in [3.8, 4) is 0 Å². The van der Waals surface area contributed by atoms with Crippen LogP contribution in [0.5, 0.6) is 0 Å². The van der Waals surface area contributed by atoms with Gasteiger partial charge in [0.15, 0.2) is 43.6 Å². The summed E-state index contributed by atoms with van der Waals surface area (Å²) in [7, 11) is -5.96. The highest BCUT2D eigenvalue weighted by Crippen LogP contribution is 2.28. The molecule has 0 radical (unpaired) electrons. The number of carbonyl (C=O) groups excluding carboxylic acids is 3. The topological polar surface area (TPSA) is 133 Å². The maximum atomic E-state index is 13.4. The molecular weight excluding hydrogens is 563 g/mol. The molecule has 0 aromatic heterocycles. The molecular formula is C18H23F9O9S. The Morgan fingerprint density at radius 3 is 1.35 bits per heavy atom. The fourth-order valence-electron chi connectivity index (χ4n) is 2.09. The lowest BCUT2D eigenvalue weighted by atomic mass is 10.0. The summed E-state index contributed by atoms with van der Waals surface area (Å²) in [6.07, 6.45) is -10.6. The first-order valence-electron chi connectivity index (χ1n) is 9.96. The Morgan fingerprint density at radius 2 is 1.03 bits per heavy atom. The molecule has 5 unspecified atom stereocenters. The predicted octanol–water partition coefficient (Wildman–Crippen LogP) is 2.86. The van der Waals surface area contributed by atoms with E-state index in [0.717, 1.165) is 0 Å². The van der Waals surface area contributed by atoms with Crippen molar-refractivity contribution in [1.82, 2.24) is 0 Å². The highest BCUT2D eigenvalue weighted by molar-refractivity contribution is 7.87. The first-order valence-corrected chi connectivity index (χ1v) is 11.5. The van der Waals surface area contributed by atoms with Gasteiger partial charge in [-0.05, 0) is 20.8 Å². The molecule has 0 spiro atoms. The van der Waals surface area contributed by atoms with Gasteiger partial charge >= 0.3 is 35.7 Å². The van der Waals surface area contributed by atoms with E-state index in [9.17, 15) is 66.9 Å². The van der Waals surface area contributed by atoms with Crippen LogP contribution in [0.3, 0.4) is 0 Å². The average Bonchev–Trinajstić information content (AvgIpc) is 2.73. The Labute approximate surface area is 204 Å². The molecule has 19 heteroatoms. The van der Waals surface area contributed by atoms with Crippen LogP contribution in [-0.4, -0.2) is 92.2 Å². The van der Waals surface area contributed by atoms with Crippen LogP contribution in [0.4, 0.5) is 39.5 Å². The first-order chi connectivity index (χ1) is 16.5. The highest BCUT2D eigenvalue weighted by Gasteiger charge is 2.49.